The molecule has 112 valence electrons. The number of hydrogen-bond donors (Lipinski definition) is 1. The predicted octanol–water partition coefficient (Wildman–Crippen LogP) is 4.39. The van der Waals surface area contributed by atoms with Crippen LogP contribution in [0.1, 0.15) is 51.5 Å². The van der Waals surface area contributed by atoms with Gasteiger partial charge in [0.1, 0.15) is 5.75 Å². The Hall–Kier alpha value is -1.02. The molecule has 1 saturated carbocycles. The summed E-state index contributed by atoms with van der Waals surface area (Å²) in [6.45, 7) is 7.25. The summed E-state index contributed by atoms with van der Waals surface area (Å²) in [5.74, 6) is 2.88. The minimum Gasteiger partial charge on any atom is -0.494 e. The van der Waals surface area contributed by atoms with E-state index in [1.54, 1.807) is 0 Å². The summed E-state index contributed by atoms with van der Waals surface area (Å²) in [6, 6.07) is 8.42. The quantitative estimate of drug-likeness (QED) is 0.745. The summed E-state index contributed by atoms with van der Waals surface area (Å²) >= 11 is 0. The van der Waals surface area contributed by atoms with E-state index in [-0.39, 0.29) is 0 Å². The molecule has 20 heavy (non-hydrogen) atoms. The van der Waals surface area contributed by atoms with E-state index in [0.29, 0.717) is 0 Å². The zero-order chi connectivity index (χ0) is 14.2. The second kappa shape index (κ2) is 8.31. The molecule has 0 unspecified atom stereocenters. The van der Waals surface area contributed by atoms with Crippen molar-refractivity contribution < 1.29 is 4.74 Å². The molecular formula is C18H29NO. The topological polar surface area (TPSA) is 21.3 Å². The van der Waals surface area contributed by atoms with Gasteiger partial charge in [-0.3, -0.25) is 0 Å². The largest absolute Gasteiger partial charge is 0.494 e. The average Bonchev–Trinajstić information content (AvgIpc) is 2.47. The monoisotopic (exact) mass is 275 g/mol. The molecular weight excluding hydrogens is 246 g/mol. The van der Waals surface area contributed by atoms with E-state index in [1.807, 2.05) is 6.92 Å². The molecule has 1 aromatic carbocycles. The van der Waals surface area contributed by atoms with Crippen molar-refractivity contribution >= 4 is 0 Å². The maximum absolute atomic E-state index is 5.45. The van der Waals surface area contributed by atoms with Gasteiger partial charge in [0, 0.05) is 6.54 Å². The molecule has 0 atom stereocenters. The molecule has 2 nitrogen and oxygen atoms in total. The molecule has 0 spiro atoms. The lowest BCUT2D eigenvalue weighted by molar-refractivity contribution is 0.275. The van der Waals surface area contributed by atoms with Gasteiger partial charge < -0.3 is 10.1 Å². The van der Waals surface area contributed by atoms with Gasteiger partial charge in [-0.25, -0.2) is 0 Å². The van der Waals surface area contributed by atoms with Gasteiger partial charge in [0.15, 0.2) is 0 Å². The van der Waals surface area contributed by atoms with Crippen LogP contribution in [0.5, 0.6) is 5.75 Å². The number of nitrogens with one attached hydrogen (secondary N) is 1. The van der Waals surface area contributed by atoms with E-state index in [1.165, 1.54) is 37.7 Å². The molecule has 1 N–H and O–H groups in total. The molecule has 1 fully saturated rings. The first-order valence-electron chi connectivity index (χ1n) is 8.20. The van der Waals surface area contributed by atoms with Crippen LogP contribution >= 0.6 is 0 Å². The maximum Gasteiger partial charge on any atom is 0.119 e. The predicted molar refractivity (Wildman–Crippen MR) is 85.1 cm³/mol. The van der Waals surface area contributed by atoms with Crippen molar-refractivity contribution in [3.63, 3.8) is 0 Å². The van der Waals surface area contributed by atoms with Crippen molar-refractivity contribution in [1.82, 2.24) is 5.32 Å². The summed E-state index contributed by atoms with van der Waals surface area (Å²) in [5, 5.41) is 3.57. The lowest BCUT2D eigenvalue weighted by Crippen LogP contribution is -2.20. The average molecular weight is 275 g/mol. The minimum atomic E-state index is 0.734. The van der Waals surface area contributed by atoms with Gasteiger partial charge in [-0.2, -0.15) is 0 Å². The van der Waals surface area contributed by atoms with Crippen molar-refractivity contribution in [2.45, 2.75) is 52.5 Å². The van der Waals surface area contributed by atoms with Crippen LogP contribution in [0.4, 0.5) is 0 Å². The summed E-state index contributed by atoms with van der Waals surface area (Å²) in [7, 11) is 0. The van der Waals surface area contributed by atoms with Crippen LogP contribution in [-0.2, 0) is 6.54 Å². The van der Waals surface area contributed by atoms with Crippen molar-refractivity contribution in [2.24, 2.45) is 11.8 Å². The molecule has 0 saturated heterocycles. The first-order valence-corrected chi connectivity index (χ1v) is 8.20. The summed E-state index contributed by atoms with van der Waals surface area (Å²) < 4.78 is 5.45. The molecule has 1 aliphatic carbocycles. The highest BCUT2D eigenvalue weighted by atomic mass is 16.5. The van der Waals surface area contributed by atoms with Crippen LogP contribution in [0, 0.1) is 11.8 Å². The molecule has 1 aliphatic rings. The third kappa shape index (κ3) is 5.16. The van der Waals surface area contributed by atoms with E-state index in [0.717, 1.165) is 37.3 Å². The van der Waals surface area contributed by atoms with E-state index in [9.17, 15) is 0 Å². The number of ether oxygens (including phenoxy) is 1. The molecule has 0 aromatic heterocycles. The highest BCUT2D eigenvalue weighted by Gasteiger charge is 2.17. The van der Waals surface area contributed by atoms with Crippen molar-refractivity contribution in [1.29, 1.82) is 0 Å². The van der Waals surface area contributed by atoms with Crippen molar-refractivity contribution in [2.75, 3.05) is 13.2 Å². The Morgan fingerprint density at radius 3 is 2.45 bits per heavy atom. The number of rotatable bonds is 7. The highest BCUT2D eigenvalue weighted by molar-refractivity contribution is 5.27. The summed E-state index contributed by atoms with van der Waals surface area (Å²) in [6.07, 6.45) is 7.08. The van der Waals surface area contributed by atoms with Crippen LogP contribution in [0.15, 0.2) is 24.3 Å². The van der Waals surface area contributed by atoms with Crippen LogP contribution in [0.25, 0.3) is 0 Å². The molecule has 2 rings (SSSR count). The normalized spacial score (nSPS) is 22.7. The molecule has 2 heteroatoms. The standard InChI is InChI=1S/C18H29NO/c1-3-20-18-10-8-17(9-11-18)14-19-13-12-16-6-4-15(2)5-7-16/h8-11,15-16,19H,3-7,12-14H2,1-2H3. The van der Waals surface area contributed by atoms with Crippen LogP contribution in [0.3, 0.4) is 0 Å². The van der Waals surface area contributed by atoms with Gasteiger partial charge in [-0.1, -0.05) is 44.7 Å². The fourth-order valence-corrected chi connectivity index (χ4v) is 3.03. The molecule has 0 radical (unpaired) electrons. The fraction of sp³-hybridized carbons (Fsp3) is 0.667. The van der Waals surface area contributed by atoms with Gasteiger partial charge in [0.05, 0.1) is 6.61 Å². The van der Waals surface area contributed by atoms with Crippen molar-refractivity contribution in [3.05, 3.63) is 29.8 Å². The minimum absolute atomic E-state index is 0.734. The van der Waals surface area contributed by atoms with Gasteiger partial charge in [0.25, 0.3) is 0 Å². The highest BCUT2D eigenvalue weighted by Crippen LogP contribution is 2.29. The molecule has 0 bridgehead atoms. The Kier molecular flexibility index (Phi) is 6.38. The molecule has 1 aromatic rings. The summed E-state index contributed by atoms with van der Waals surface area (Å²) in [5.41, 5.74) is 1.34. The second-order valence-electron chi connectivity index (χ2n) is 6.17. The number of hydrogen-bond acceptors (Lipinski definition) is 2. The lowest BCUT2D eigenvalue weighted by Gasteiger charge is -2.26. The van der Waals surface area contributed by atoms with Crippen molar-refractivity contribution in [3.8, 4) is 5.75 Å². The zero-order valence-electron chi connectivity index (χ0n) is 13.0. The third-order valence-electron chi connectivity index (χ3n) is 4.43. The van der Waals surface area contributed by atoms with E-state index >= 15 is 0 Å². The van der Waals surface area contributed by atoms with Crippen LogP contribution in [0.2, 0.25) is 0 Å². The summed E-state index contributed by atoms with van der Waals surface area (Å²) in [4.78, 5) is 0. The SMILES string of the molecule is CCOc1ccc(CNCCC2CCC(C)CC2)cc1. The second-order valence-corrected chi connectivity index (χ2v) is 6.17. The van der Waals surface area contributed by atoms with E-state index < -0.39 is 0 Å². The first kappa shape index (κ1) is 15.4. The lowest BCUT2D eigenvalue weighted by atomic mass is 9.81. The Morgan fingerprint density at radius 1 is 1.10 bits per heavy atom. The van der Waals surface area contributed by atoms with Gasteiger partial charge in [-0.05, 0) is 49.4 Å². The fourth-order valence-electron chi connectivity index (χ4n) is 3.03. The van der Waals surface area contributed by atoms with Gasteiger partial charge in [-0.15, -0.1) is 0 Å². The maximum atomic E-state index is 5.45. The Balaban J connectivity index is 1.60. The number of benzene rings is 1. The Morgan fingerprint density at radius 2 is 1.80 bits per heavy atom. The Bertz CT molecular complexity index is 366. The van der Waals surface area contributed by atoms with Gasteiger partial charge in [0.2, 0.25) is 0 Å². The zero-order valence-corrected chi connectivity index (χ0v) is 13.0. The smallest absolute Gasteiger partial charge is 0.119 e. The molecule has 0 heterocycles. The van der Waals surface area contributed by atoms with E-state index in [2.05, 4.69) is 36.5 Å². The van der Waals surface area contributed by atoms with Gasteiger partial charge >= 0.3 is 0 Å². The molecule has 0 amide bonds. The van der Waals surface area contributed by atoms with Crippen LogP contribution < -0.4 is 10.1 Å². The molecule has 0 aliphatic heterocycles. The van der Waals surface area contributed by atoms with E-state index in [4.69, 9.17) is 4.74 Å². The first-order chi connectivity index (χ1) is 9.78. The Labute approximate surface area is 123 Å². The third-order valence-corrected chi connectivity index (χ3v) is 4.43. The van der Waals surface area contributed by atoms with Crippen LogP contribution in [-0.4, -0.2) is 13.2 Å².